The van der Waals surface area contributed by atoms with Gasteiger partial charge in [0, 0.05) is 22.8 Å². The molecular weight excluding hydrogens is 290 g/mol. The number of benzene rings is 1. The normalized spacial score (nSPS) is 25.7. The predicted molar refractivity (Wildman–Crippen MR) is 83.4 cm³/mol. The van der Waals surface area contributed by atoms with E-state index in [9.17, 15) is 4.79 Å². The molecule has 4 heteroatoms. The van der Waals surface area contributed by atoms with Crippen molar-refractivity contribution in [1.29, 1.82) is 0 Å². The molecule has 0 aliphatic carbocycles. The van der Waals surface area contributed by atoms with Crippen LogP contribution in [-0.2, 0) is 16.6 Å². The molecule has 0 bridgehead atoms. The Morgan fingerprint density at radius 1 is 1.30 bits per heavy atom. The third kappa shape index (κ3) is 2.48. The van der Waals surface area contributed by atoms with Crippen LogP contribution in [0.3, 0.4) is 0 Å². The number of amides is 1. The molecule has 0 spiro atoms. The van der Waals surface area contributed by atoms with Gasteiger partial charge in [0.2, 0.25) is 5.91 Å². The maximum absolute atomic E-state index is 11.9. The first-order chi connectivity index (χ1) is 9.58. The highest BCUT2D eigenvalue weighted by atomic mass is 35.5. The highest BCUT2D eigenvalue weighted by Gasteiger charge is 2.45. The first-order valence-electron chi connectivity index (χ1n) is 6.67. The van der Waals surface area contributed by atoms with E-state index in [0.29, 0.717) is 6.42 Å². The fraction of sp³-hybridized carbons (Fsp3) is 0.312. The fourth-order valence-electron chi connectivity index (χ4n) is 2.87. The number of carbonyl (C=O) groups excluding carboxylic acids is 1. The standard InChI is InChI=1S/C16H16ClNOS/c1-16(13-7-8-14(17)20-13)10-15(19)18-12(16)9-11-5-3-2-4-6-11/h2-8,12H,9-10H2,1H3,(H,18,19). The van der Waals surface area contributed by atoms with Crippen molar-refractivity contribution in [1.82, 2.24) is 5.32 Å². The highest BCUT2D eigenvalue weighted by Crippen LogP contribution is 2.41. The number of hydrogen-bond donors (Lipinski definition) is 1. The Morgan fingerprint density at radius 3 is 2.70 bits per heavy atom. The lowest BCUT2D eigenvalue weighted by molar-refractivity contribution is -0.119. The summed E-state index contributed by atoms with van der Waals surface area (Å²) in [4.78, 5) is 13.1. The molecule has 1 fully saturated rings. The Kier molecular flexibility index (Phi) is 3.57. The minimum atomic E-state index is -0.176. The summed E-state index contributed by atoms with van der Waals surface area (Å²) in [5.41, 5.74) is 1.07. The molecule has 20 heavy (non-hydrogen) atoms. The first kappa shape index (κ1) is 13.7. The lowest BCUT2D eigenvalue weighted by Gasteiger charge is -2.29. The van der Waals surface area contributed by atoms with E-state index in [-0.39, 0.29) is 17.4 Å². The summed E-state index contributed by atoms with van der Waals surface area (Å²) in [6.07, 6.45) is 1.37. The average Bonchev–Trinajstić information content (AvgIpc) is 2.97. The average molecular weight is 306 g/mol. The highest BCUT2D eigenvalue weighted by molar-refractivity contribution is 7.16. The Bertz CT molecular complexity index is 624. The van der Waals surface area contributed by atoms with Crippen LogP contribution in [0.5, 0.6) is 0 Å². The minimum absolute atomic E-state index is 0.118. The van der Waals surface area contributed by atoms with E-state index in [2.05, 4.69) is 24.4 Å². The van der Waals surface area contributed by atoms with Gasteiger partial charge >= 0.3 is 0 Å². The van der Waals surface area contributed by atoms with Gasteiger partial charge in [-0.15, -0.1) is 11.3 Å². The summed E-state index contributed by atoms with van der Waals surface area (Å²) in [5, 5.41) is 3.13. The number of halogens is 1. The molecule has 2 heterocycles. The van der Waals surface area contributed by atoms with Gasteiger partial charge in [-0.25, -0.2) is 0 Å². The molecular formula is C16H16ClNOS. The van der Waals surface area contributed by atoms with E-state index in [1.165, 1.54) is 10.4 Å². The van der Waals surface area contributed by atoms with Crippen LogP contribution < -0.4 is 5.32 Å². The third-order valence-electron chi connectivity index (χ3n) is 4.05. The second-order valence-electron chi connectivity index (χ2n) is 5.51. The zero-order chi connectivity index (χ0) is 14.2. The van der Waals surface area contributed by atoms with Crippen molar-refractivity contribution in [3.63, 3.8) is 0 Å². The van der Waals surface area contributed by atoms with Crippen molar-refractivity contribution in [2.45, 2.75) is 31.2 Å². The molecule has 1 saturated heterocycles. The fourth-order valence-corrected chi connectivity index (χ4v) is 4.11. The molecule has 0 saturated carbocycles. The van der Waals surface area contributed by atoms with E-state index in [0.717, 1.165) is 10.8 Å². The van der Waals surface area contributed by atoms with Crippen molar-refractivity contribution < 1.29 is 4.79 Å². The van der Waals surface area contributed by atoms with Crippen molar-refractivity contribution >= 4 is 28.8 Å². The predicted octanol–water partition coefficient (Wildman–Crippen LogP) is 3.79. The number of thiophene rings is 1. The molecule has 1 aliphatic heterocycles. The van der Waals surface area contributed by atoms with Crippen molar-refractivity contribution in [3.8, 4) is 0 Å². The largest absolute Gasteiger partial charge is 0.352 e. The van der Waals surface area contributed by atoms with Crippen LogP contribution in [0.2, 0.25) is 4.34 Å². The maximum Gasteiger partial charge on any atom is 0.221 e. The van der Waals surface area contributed by atoms with Gasteiger partial charge in [-0.1, -0.05) is 48.9 Å². The SMILES string of the molecule is CC1(c2ccc(Cl)s2)CC(=O)NC1Cc1ccccc1. The van der Waals surface area contributed by atoms with Crippen molar-refractivity contribution in [3.05, 3.63) is 57.2 Å². The van der Waals surface area contributed by atoms with Crippen LogP contribution >= 0.6 is 22.9 Å². The molecule has 104 valence electrons. The van der Waals surface area contributed by atoms with E-state index in [1.807, 2.05) is 30.3 Å². The Morgan fingerprint density at radius 2 is 2.05 bits per heavy atom. The van der Waals surface area contributed by atoms with E-state index in [1.54, 1.807) is 11.3 Å². The van der Waals surface area contributed by atoms with Crippen molar-refractivity contribution in [2.24, 2.45) is 0 Å². The van der Waals surface area contributed by atoms with Gasteiger partial charge in [-0.2, -0.15) is 0 Å². The Labute approximate surface area is 127 Å². The summed E-state index contributed by atoms with van der Waals surface area (Å²) in [6.45, 7) is 2.15. The van der Waals surface area contributed by atoms with Gasteiger partial charge in [0.1, 0.15) is 0 Å². The zero-order valence-electron chi connectivity index (χ0n) is 11.2. The van der Waals surface area contributed by atoms with E-state index >= 15 is 0 Å². The van der Waals surface area contributed by atoms with E-state index < -0.39 is 0 Å². The summed E-state index contributed by atoms with van der Waals surface area (Å²) < 4.78 is 0.777. The second kappa shape index (κ2) is 5.23. The molecule has 2 nitrogen and oxygen atoms in total. The molecule has 0 radical (unpaired) electrons. The molecule has 1 aliphatic rings. The smallest absolute Gasteiger partial charge is 0.221 e. The lowest BCUT2D eigenvalue weighted by Crippen LogP contribution is -2.39. The van der Waals surface area contributed by atoms with Gasteiger partial charge in [0.05, 0.1) is 4.34 Å². The second-order valence-corrected chi connectivity index (χ2v) is 7.22. The number of nitrogens with one attached hydrogen (secondary N) is 1. The number of rotatable bonds is 3. The van der Waals surface area contributed by atoms with Crippen LogP contribution in [0.25, 0.3) is 0 Å². The molecule has 2 aromatic rings. The summed E-state index contributed by atoms with van der Waals surface area (Å²) in [5.74, 6) is 0.123. The van der Waals surface area contributed by atoms with Crippen molar-refractivity contribution in [2.75, 3.05) is 0 Å². The quantitative estimate of drug-likeness (QED) is 0.918. The van der Waals surface area contributed by atoms with Gasteiger partial charge < -0.3 is 5.32 Å². The van der Waals surface area contributed by atoms with Crippen LogP contribution in [0.15, 0.2) is 42.5 Å². The monoisotopic (exact) mass is 305 g/mol. The summed E-state index contributed by atoms with van der Waals surface area (Å²) >= 11 is 7.63. The van der Waals surface area contributed by atoms with Crippen LogP contribution in [0.1, 0.15) is 23.8 Å². The van der Waals surface area contributed by atoms with Gasteiger partial charge in [0.25, 0.3) is 0 Å². The zero-order valence-corrected chi connectivity index (χ0v) is 12.8. The topological polar surface area (TPSA) is 29.1 Å². The third-order valence-corrected chi connectivity index (χ3v) is 5.56. The number of hydrogen-bond acceptors (Lipinski definition) is 2. The summed E-state index contributed by atoms with van der Waals surface area (Å²) in [6, 6.07) is 14.4. The molecule has 1 N–H and O–H groups in total. The van der Waals surface area contributed by atoms with E-state index in [4.69, 9.17) is 11.6 Å². The first-order valence-corrected chi connectivity index (χ1v) is 7.86. The van der Waals surface area contributed by atoms with Gasteiger partial charge in [0.15, 0.2) is 0 Å². The molecule has 1 aromatic heterocycles. The molecule has 3 rings (SSSR count). The molecule has 2 unspecified atom stereocenters. The Hall–Kier alpha value is -1.32. The van der Waals surface area contributed by atoms with Crippen LogP contribution in [-0.4, -0.2) is 11.9 Å². The Balaban J connectivity index is 1.90. The molecule has 1 amide bonds. The summed E-state index contributed by atoms with van der Waals surface area (Å²) in [7, 11) is 0. The lowest BCUT2D eigenvalue weighted by atomic mass is 9.78. The van der Waals surface area contributed by atoms with Gasteiger partial charge in [-0.05, 0) is 24.1 Å². The van der Waals surface area contributed by atoms with Gasteiger partial charge in [-0.3, -0.25) is 4.79 Å². The van der Waals surface area contributed by atoms with Crippen LogP contribution in [0.4, 0.5) is 0 Å². The maximum atomic E-state index is 11.9. The minimum Gasteiger partial charge on any atom is -0.352 e. The van der Waals surface area contributed by atoms with Crippen LogP contribution in [0, 0.1) is 0 Å². The number of carbonyl (C=O) groups is 1. The molecule has 2 atom stereocenters. The molecule has 1 aromatic carbocycles.